The number of aliphatic hydroxyl groups is 1. The topological polar surface area (TPSA) is 80.7 Å². The maximum absolute atomic E-state index is 13.8. The average Bonchev–Trinajstić information content (AvgIpc) is 2.25. The first-order chi connectivity index (χ1) is 7.79. The van der Waals surface area contributed by atoms with Gasteiger partial charge < -0.3 is 9.84 Å². The quantitative estimate of drug-likeness (QED) is 0.799. The Hall–Kier alpha value is -1.47. The molecule has 7 heteroatoms. The van der Waals surface area contributed by atoms with Crippen LogP contribution in [0, 0.1) is 5.82 Å². The van der Waals surface area contributed by atoms with E-state index in [-0.39, 0.29) is 0 Å². The summed E-state index contributed by atoms with van der Waals surface area (Å²) in [5, 5.41) is 9.45. The lowest BCUT2D eigenvalue weighted by Gasteiger charge is -2.11. The Kier molecular flexibility index (Phi) is 3.84. The zero-order chi connectivity index (χ0) is 13.2. The molecule has 94 valence electrons. The van der Waals surface area contributed by atoms with Crippen LogP contribution in [-0.4, -0.2) is 32.9 Å². The molecular weight excluding hydrogens is 251 g/mol. The maximum atomic E-state index is 13.8. The minimum absolute atomic E-state index is 0.431. The number of hydrogen-bond acceptors (Lipinski definition) is 5. The Morgan fingerprint density at radius 3 is 2.53 bits per heavy atom. The Morgan fingerprint density at radius 1 is 1.47 bits per heavy atom. The molecule has 1 rings (SSSR count). The van der Waals surface area contributed by atoms with Gasteiger partial charge in [-0.25, -0.2) is 17.6 Å². The third-order valence-corrected chi connectivity index (χ3v) is 3.23. The van der Waals surface area contributed by atoms with E-state index >= 15 is 0 Å². The fourth-order valence-corrected chi connectivity index (χ4v) is 2.03. The zero-order valence-corrected chi connectivity index (χ0v) is 9.99. The standard InChI is InChI=1S/C10H11FO5S/c1-16-10(13)9(12)6-4-3-5-7(8(6)11)17(2,14)15/h3-5,9,12H,1-2H3. The highest BCUT2D eigenvalue weighted by Crippen LogP contribution is 2.23. The molecular formula is C10H11FO5S. The Labute approximate surface area is 97.8 Å². The number of benzene rings is 1. The molecule has 0 bridgehead atoms. The third kappa shape index (κ3) is 2.80. The minimum Gasteiger partial charge on any atom is -0.467 e. The van der Waals surface area contributed by atoms with Crippen molar-refractivity contribution in [1.82, 2.24) is 0 Å². The van der Waals surface area contributed by atoms with Gasteiger partial charge in [0, 0.05) is 11.8 Å². The van der Waals surface area contributed by atoms with Crippen molar-refractivity contribution in [3.63, 3.8) is 0 Å². The molecule has 0 amide bonds. The van der Waals surface area contributed by atoms with Crippen molar-refractivity contribution in [1.29, 1.82) is 0 Å². The molecule has 0 fully saturated rings. The molecule has 1 aromatic rings. The van der Waals surface area contributed by atoms with Crippen LogP contribution < -0.4 is 0 Å². The maximum Gasteiger partial charge on any atom is 0.339 e. The molecule has 0 radical (unpaired) electrons. The second-order valence-corrected chi connectivity index (χ2v) is 5.34. The number of ether oxygens (including phenoxy) is 1. The van der Waals surface area contributed by atoms with Gasteiger partial charge in [-0.05, 0) is 6.07 Å². The van der Waals surface area contributed by atoms with Crippen LogP contribution in [0.25, 0.3) is 0 Å². The number of aliphatic hydroxyl groups excluding tert-OH is 1. The van der Waals surface area contributed by atoms with Gasteiger partial charge in [-0.15, -0.1) is 0 Å². The lowest BCUT2D eigenvalue weighted by molar-refractivity contribution is -0.150. The Balaban J connectivity index is 3.34. The van der Waals surface area contributed by atoms with Gasteiger partial charge in [-0.1, -0.05) is 12.1 Å². The molecule has 17 heavy (non-hydrogen) atoms. The van der Waals surface area contributed by atoms with Crippen LogP contribution in [0.2, 0.25) is 0 Å². The van der Waals surface area contributed by atoms with Crippen molar-refractivity contribution >= 4 is 15.8 Å². The highest BCUT2D eigenvalue weighted by molar-refractivity contribution is 7.90. The van der Waals surface area contributed by atoms with E-state index in [1.54, 1.807) is 0 Å². The highest BCUT2D eigenvalue weighted by Gasteiger charge is 2.25. The van der Waals surface area contributed by atoms with Gasteiger partial charge in [0.05, 0.1) is 7.11 Å². The molecule has 0 aromatic heterocycles. The van der Waals surface area contributed by atoms with Gasteiger partial charge in [0.2, 0.25) is 0 Å². The normalized spacial score (nSPS) is 13.2. The summed E-state index contributed by atoms with van der Waals surface area (Å²) in [7, 11) is -2.73. The fourth-order valence-electron chi connectivity index (χ4n) is 1.26. The first kappa shape index (κ1) is 13.6. The number of methoxy groups -OCH3 is 1. The first-order valence-corrected chi connectivity index (χ1v) is 6.42. The monoisotopic (exact) mass is 262 g/mol. The molecule has 0 aliphatic rings. The first-order valence-electron chi connectivity index (χ1n) is 4.53. The van der Waals surface area contributed by atoms with Crippen LogP contribution in [-0.2, 0) is 19.4 Å². The summed E-state index contributed by atoms with van der Waals surface area (Å²) in [6.07, 6.45) is -1.01. The highest BCUT2D eigenvalue weighted by atomic mass is 32.2. The zero-order valence-electron chi connectivity index (χ0n) is 9.18. The predicted octanol–water partition coefficient (Wildman–Crippen LogP) is 0.436. The summed E-state index contributed by atoms with van der Waals surface area (Å²) >= 11 is 0. The van der Waals surface area contributed by atoms with Gasteiger partial charge in [0.15, 0.2) is 15.9 Å². The van der Waals surface area contributed by atoms with Gasteiger partial charge >= 0.3 is 5.97 Å². The van der Waals surface area contributed by atoms with Gasteiger partial charge in [-0.3, -0.25) is 0 Å². The number of carbonyl (C=O) groups is 1. The van der Waals surface area contributed by atoms with Crippen LogP contribution in [0.4, 0.5) is 4.39 Å². The van der Waals surface area contributed by atoms with E-state index in [9.17, 15) is 22.7 Å². The van der Waals surface area contributed by atoms with E-state index in [4.69, 9.17) is 0 Å². The van der Waals surface area contributed by atoms with Crippen molar-refractivity contribution in [3.05, 3.63) is 29.6 Å². The van der Waals surface area contributed by atoms with Crippen LogP contribution in [0.1, 0.15) is 11.7 Å². The van der Waals surface area contributed by atoms with Crippen LogP contribution >= 0.6 is 0 Å². The number of halogens is 1. The Bertz CT molecular complexity index is 538. The van der Waals surface area contributed by atoms with Gasteiger partial charge in [0.1, 0.15) is 10.7 Å². The largest absolute Gasteiger partial charge is 0.467 e. The minimum atomic E-state index is -3.76. The molecule has 1 aromatic carbocycles. The number of hydrogen-bond donors (Lipinski definition) is 1. The van der Waals surface area contributed by atoms with E-state index in [0.717, 1.165) is 25.5 Å². The van der Waals surface area contributed by atoms with Crippen molar-refractivity contribution in [2.24, 2.45) is 0 Å². The smallest absolute Gasteiger partial charge is 0.339 e. The summed E-state index contributed by atoms with van der Waals surface area (Å²) in [6, 6.07) is 3.41. The number of carbonyl (C=O) groups excluding carboxylic acids is 1. The van der Waals surface area contributed by atoms with Gasteiger partial charge in [0.25, 0.3) is 0 Å². The van der Waals surface area contributed by atoms with E-state index in [1.165, 1.54) is 6.07 Å². The van der Waals surface area contributed by atoms with Crippen LogP contribution in [0.15, 0.2) is 23.1 Å². The van der Waals surface area contributed by atoms with Gasteiger partial charge in [-0.2, -0.15) is 0 Å². The molecule has 0 heterocycles. The predicted molar refractivity (Wildman–Crippen MR) is 56.5 cm³/mol. The molecule has 0 saturated carbocycles. The molecule has 0 spiro atoms. The number of esters is 1. The second kappa shape index (κ2) is 4.80. The van der Waals surface area contributed by atoms with E-state index in [1.807, 2.05) is 0 Å². The third-order valence-electron chi connectivity index (χ3n) is 2.11. The van der Waals surface area contributed by atoms with E-state index in [0.29, 0.717) is 0 Å². The lowest BCUT2D eigenvalue weighted by Crippen LogP contribution is -2.16. The summed E-state index contributed by atoms with van der Waals surface area (Å²) < 4.78 is 40.5. The molecule has 1 unspecified atom stereocenters. The van der Waals surface area contributed by atoms with Crippen molar-refractivity contribution < 1.29 is 27.4 Å². The molecule has 5 nitrogen and oxygen atoms in total. The van der Waals surface area contributed by atoms with E-state index in [2.05, 4.69) is 4.74 Å². The fraction of sp³-hybridized carbons (Fsp3) is 0.300. The summed E-state index contributed by atoms with van der Waals surface area (Å²) in [4.78, 5) is 10.5. The lowest BCUT2D eigenvalue weighted by atomic mass is 10.1. The van der Waals surface area contributed by atoms with Crippen molar-refractivity contribution in [3.8, 4) is 0 Å². The summed E-state index contributed by atoms with van der Waals surface area (Å²) in [6.45, 7) is 0. The molecule has 0 saturated heterocycles. The Morgan fingerprint density at radius 2 is 2.06 bits per heavy atom. The number of rotatable bonds is 3. The summed E-state index contributed by atoms with van der Waals surface area (Å²) in [5.41, 5.74) is -0.431. The number of sulfone groups is 1. The van der Waals surface area contributed by atoms with Crippen LogP contribution in [0.5, 0.6) is 0 Å². The average molecular weight is 262 g/mol. The van der Waals surface area contributed by atoms with Crippen molar-refractivity contribution in [2.45, 2.75) is 11.0 Å². The van der Waals surface area contributed by atoms with Crippen molar-refractivity contribution in [2.75, 3.05) is 13.4 Å². The SMILES string of the molecule is COC(=O)C(O)c1cccc(S(C)(=O)=O)c1F. The van der Waals surface area contributed by atoms with Crippen LogP contribution in [0.3, 0.4) is 0 Å². The van der Waals surface area contributed by atoms with E-state index < -0.39 is 38.2 Å². The molecule has 1 N–H and O–H groups in total. The second-order valence-electron chi connectivity index (χ2n) is 3.36. The molecule has 0 aliphatic heterocycles. The molecule has 0 aliphatic carbocycles. The summed E-state index contributed by atoms with van der Waals surface area (Å²) in [5.74, 6) is -2.21. The molecule has 1 atom stereocenters.